The normalized spacial score (nSPS) is 12.0. The molecule has 4 N–H and O–H groups in total. The first-order valence-electron chi connectivity index (χ1n) is 9.52. The molecule has 0 heterocycles. The van der Waals surface area contributed by atoms with E-state index >= 15 is 0 Å². The van der Waals surface area contributed by atoms with E-state index in [4.69, 9.17) is 0 Å². The lowest BCUT2D eigenvalue weighted by atomic mass is 10.0. The summed E-state index contributed by atoms with van der Waals surface area (Å²) in [5, 5.41) is 10.9. The van der Waals surface area contributed by atoms with Gasteiger partial charge in [-0.2, -0.15) is 0 Å². The smallest absolute Gasteiger partial charge is 0.243 e. The molecule has 0 aliphatic carbocycles. The highest BCUT2D eigenvalue weighted by atomic mass is 16.2. The monoisotopic (exact) mass is 382 g/mol. The number of carbonyl (C=O) groups is 4. The summed E-state index contributed by atoms with van der Waals surface area (Å²) in [7, 11) is 0. The number of unbranched alkanes of at least 4 members (excludes halogenated alkanes) is 1. The Morgan fingerprint density at radius 3 is 2.26 bits per heavy atom. The Balaban J connectivity index is 4.21. The first-order valence-corrected chi connectivity index (χ1v) is 9.52. The van der Waals surface area contributed by atoms with Crippen LogP contribution < -0.4 is 21.3 Å². The lowest BCUT2D eigenvalue weighted by molar-refractivity contribution is -0.128. The maximum Gasteiger partial charge on any atom is 0.243 e. The minimum atomic E-state index is -0.570. The Bertz CT molecular complexity index is 518. The summed E-state index contributed by atoms with van der Waals surface area (Å²) in [6, 6.07) is -0.390. The molecule has 1 atom stereocenters. The number of nitrogens with one attached hydrogen (secondary N) is 4. The summed E-state index contributed by atoms with van der Waals surface area (Å²) >= 11 is 0. The molecular weight excluding hydrogens is 348 g/mol. The minimum absolute atomic E-state index is 0.0471. The number of amides is 3. The number of Topliss-reactive ketones (excluding diaryl/α,β-unsaturated/α-hetero) is 1. The van der Waals surface area contributed by atoms with E-state index < -0.39 is 6.04 Å². The van der Waals surface area contributed by atoms with Crippen molar-refractivity contribution in [2.45, 2.75) is 65.5 Å². The zero-order valence-electron chi connectivity index (χ0n) is 16.9. The molecule has 0 fully saturated rings. The second kappa shape index (κ2) is 14.9. The number of rotatable bonds is 14. The van der Waals surface area contributed by atoms with Crippen LogP contribution in [0.5, 0.6) is 0 Å². The molecule has 27 heavy (non-hydrogen) atoms. The number of hydrogen-bond donors (Lipinski definition) is 4. The number of ketones is 1. The summed E-state index contributed by atoms with van der Waals surface area (Å²) in [6.45, 7) is 7.86. The standard InChI is InChI=1S/C19H34N4O4/c1-5-9-17(25)20-11-8-7-10-15(16(24)6-2)23-19(27)13-22-18(26)12-21-14(3)4/h5,9,14-15,21H,6-8,10-13H2,1-4H3,(H,20,25)(H,22,26)(H,23,27)/b9-5+/t15-/m0/s1. The first kappa shape index (κ1) is 24.8. The van der Waals surface area contributed by atoms with Crippen LogP contribution in [0.2, 0.25) is 0 Å². The molecule has 0 aromatic carbocycles. The highest BCUT2D eigenvalue weighted by molar-refractivity contribution is 5.91. The van der Waals surface area contributed by atoms with Crippen LogP contribution in [-0.2, 0) is 19.2 Å². The number of carbonyl (C=O) groups excluding carboxylic acids is 4. The van der Waals surface area contributed by atoms with Crippen molar-refractivity contribution in [1.29, 1.82) is 0 Å². The highest BCUT2D eigenvalue weighted by Gasteiger charge is 2.19. The maximum absolute atomic E-state index is 12.0. The molecule has 0 saturated heterocycles. The van der Waals surface area contributed by atoms with E-state index in [1.807, 2.05) is 13.8 Å². The summed E-state index contributed by atoms with van der Waals surface area (Å²) in [5.41, 5.74) is 0. The minimum Gasteiger partial charge on any atom is -0.353 e. The molecule has 0 radical (unpaired) electrons. The van der Waals surface area contributed by atoms with E-state index in [1.54, 1.807) is 19.9 Å². The predicted molar refractivity (Wildman–Crippen MR) is 105 cm³/mol. The SMILES string of the molecule is C/C=C/C(=O)NCCCC[C@H](NC(=O)CNC(=O)CNC(C)C)C(=O)CC. The third kappa shape index (κ3) is 13.6. The topological polar surface area (TPSA) is 116 Å². The van der Waals surface area contributed by atoms with Gasteiger partial charge in [-0.05, 0) is 32.3 Å². The fourth-order valence-electron chi connectivity index (χ4n) is 2.24. The molecule has 0 rings (SSSR count). The van der Waals surface area contributed by atoms with Crippen molar-refractivity contribution in [3.8, 4) is 0 Å². The van der Waals surface area contributed by atoms with E-state index in [-0.39, 0.29) is 42.6 Å². The van der Waals surface area contributed by atoms with Crippen molar-refractivity contribution >= 4 is 23.5 Å². The molecule has 8 heteroatoms. The first-order chi connectivity index (χ1) is 12.8. The van der Waals surface area contributed by atoms with E-state index in [2.05, 4.69) is 21.3 Å². The lowest BCUT2D eigenvalue weighted by Gasteiger charge is -2.17. The number of allylic oxidation sites excluding steroid dienone is 1. The summed E-state index contributed by atoms with van der Waals surface area (Å²) in [4.78, 5) is 46.9. The van der Waals surface area contributed by atoms with Crippen LogP contribution in [0.15, 0.2) is 12.2 Å². The largest absolute Gasteiger partial charge is 0.353 e. The van der Waals surface area contributed by atoms with Gasteiger partial charge in [0, 0.05) is 19.0 Å². The van der Waals surface area contributed by atoms with Crippen LogP contribution in [0.4, 0.5) is 0 Å². The van der Waals surface area contributed by atoms with Gasteiger partial charge in [0.15, 0.2) is 5.78 Å². The molecule has 0 aliphatic heterocycles. The van der Waals surface area contributed by atoms with Crippen LogP contribution in [0.1, 0.15) is 53.4 Å². The average Bonchev–Trinajstić information content (AvgIpc) is 2.62. The van der Waals surface area contributed by atoms with Crippen molar-refractivity contribution in [2.75, 3.05) is 19.6 Å². The molecule has 3 amide bonds. The van der Waals surface area contributed by atoms with Gasteiger partial charge in [-0.1, -0.05) is 26.8 Å². The molecule has 0 aromatic heterocycles. The van der Waals surface area contributed by atoms with Crippen molar-refractivity contribution < 1.29 is 19.2 Å². The van der Waals surface area contributed by atoms with Gasteiger partial charge in [-0.15, -0.1) is 0 Å². The van der Waals surface area contributed by atoms with Gasteiger partial charge in [0.1, 0.15) is 0 Å². The van der Waals surface area contributed by atoms with E-state index in [0.717, 1.165) is 0 Å². The van der Waals surface area contributed by atoms with Crippen LogP contribution >= 0.6 is 0 Å². The predicted octanol–water partition coefficient (Wildman–Crippen LogP) is 0.427. The second-order valence-electron chi connectivity index (χ2n) is 6.54. The molecule has 8 nitrogen and oxygen atoms in total. The average molecular weight is 383 g/mol. The van der Waals surface area contributed by atoms with Gasteiger partial charge >= 0.3 is 0 Å². The van der Waals surface area contributed by atoms with Gasteiger partial charge in [0.05, 0.1) is 19.1 Å². The summed E-state index contributed by atoms with van der Waals surface area (Å²) in [5.74, 6) is -0.848. The molecular formula is C19H34N4O4. The Hall–Kier alpha value is -2.22. The Morgan fingerprint density at radius 2 is 1.67 bits per heavy atom. The van der Waals surface area contributed by atoms with Gasteiger partial charge in [0.2, 0.25) is 17.7 Å². The molecule has 0 bridgehead atoms. The number of hydrogen-bond acceptors (Lipinski definition) is 5. The summed E-state index contributed by atoms with van der Waals surface area (Å²) < 4.78 is 0. The zero-order chi connectivity index (χ0) is 20.7. The van der Waals surface area contributed by atoms with Crippen LogP contribution in [-0.4, -0.2) is 55.2 Å². The van der Waals surface area contributed by atoms with Gasteiger partial charge < -0.3 is 21.3 Å². The van der Waals surface area contributed by atoms with Crippen molar-refractivity contribution in [2.24, 2.45) is 0 Å². The molecule has 0 saturated carbocycles. The van der Waals surface area contributed by atoms with Crippen molar-refractivity contribution in [3.63, 3.8) is 0 Å². The fraction of sp³-hybridized carbons (Fsp3) is 0.684. The molecule has 0 spiro atoms. The van der Waals surface area contributed by atoms with Gasteiger partial charge in [-0.25, -0.2) is 0 Å². The van der Waals surface area contributed by atoms with Crippen molar-refractivity contribution in [3.05, 3.63) is 12.2 Å². The second-order valence-corrected chi connectivity index (χ2v) is 6.54. The molecule has 0 aliphatic rings. The zero-order valence-corrected chi connectivity index (χ0v) is 16.9. The maximum atomic E-state index is 12.0. The van der Waals surface area contributed by atoms with Crippen LogP contribution in [0, 0.1) is 0 Å². The van der Waals surface area contributed by atoms with Gasteiger partial charge in [-0.3, -0.25) is 19.2 Å². The quantitative estimate of drug-likeness (QED) is 0.257. The van der Waals surface area contributed by atoms with Crippen LogP contribution in [0.3, 0.4) is 0 Å². The fourth-order valence-corrected chi connectivity index (χ4v) is 2.24. The Morgan fingerprint density at radius 1 is 0.963 bits per heavy atom. The molecule has 154 valence electrons. The Labute approximate surface area is 161 Å². The van der Waals surface area contributed by atoms with E-state index in [0.29, 0.717) is 32.2 Å². The molecule has 0 aromatic rings. The Kier molecular flexibility index (Phi) is 13.7. The van der Waals surface area contributed by atoms with E-state index in [1.165, 1.54) is 6.08 Å². The lowest BCUT2D eigenvalue weighted by Crippen LogP contribution is -2.47. The summed E-state index contributed by atoms with van der Waals surface area (Å²) in [6.07, 6.45) is 5.35. The third-order valence-electron chi connectivity index (χ3n) is 3.73. The van der Waals surface area contributed by atoms with Crippen molar-refractivity contribution in [1.82, 2.24) is 21.3 Å². The van der Waals surface area contributed by atoms with E-state index in [9.17, 15) is 19.2 Å². The van der Waals surface area contributed by atoms with Gasteiger partial charge in [0.25, 0.3) is 0 Å². The van der Waals surface area contributed by atoms with Crippen LogP contribution in [0.25, 0.3) is 0 Å². The highest BCUT2D eigenvalue weighted by Crippen LogP contribution is 2.04. The third-order valence-corrected chi connectivity index (χ3v) is 3.73. The molecule has 0 unspecified atom stereocenters.